The molecule has 0 bridgehead atoms. The molecule has 3 amide bonds. The predicted octanol–water partition coefficient (Wildman–Crippen LogP) is 4.84. The lowest BCUT2D eigenvalue weighted by atomic mass is 10.1. The van der Waals surface area contributed by atoms with Gasteiger partial charge in [0.05, 0.1) is 11.3 Å². The summed E-state index contributed by atoms with van der Waals surface area (Å²) in [6, 6.07) is 7.55. The first-order valence-corrected chi connectivity index (χ1v) is 10.7. The molecule has 8 heteroatoms. The second-order valence-corrected chi connectivity index (χ2v) is 7.98. The van der Waals surface area contributed by atoms with Crippen LogP contribution in [-0.4, -0.2) is 43.0 Å². The van der Waals surface area contributed by atoms with Crippen molar-refractivity contribution in [3.8, 4) is 0 Å². The van der Waals surface area contributed by atoms with Crippen LogP contribution in [0.3, 0.4) is 0 Å². The Kier molecular flexibility index (Phi) is 6.34. The second kappa shape index (κ2) is 9.32. The van der Waals surface area contributed by atoms with Crippen molar-refractivity contribution in [1.82, 2.24) is 4.90 Å². The molecule has 0 radical (unpaired) electrons. The number of anilines is 3. The molecule has 0 saturated carbocycles. The summed E-state index contributed by atoms with van der Waals surface area (Å²) in [5.41, 5.74) is 1.75. The van der Waals surface area contributed by atoms with Crippen molar-refractivity contribution in [2.45, 2.75) is 32.1 Å². The van der Waals surface area contributed by atoms with E-state index >= 15 is 0 Å². The number of benzene rings is 2. The van der Waals surface area contributed by atoms with Crippen molar-refractivity contribution in [2.75, 3.05) is 41.7 Å². The maximum atomic E-state index is 13.8. The zero-order valence-corrected chi connectivity index (χ0v) is 17.3. The average Bonchev–Trinajstić information content (AvgIpc) is 3.31. The van der Waals surface area contributed by atoms with E-state index in [9.17, 15) is 18.4 Å². The molecule has 0 atom stereocenters. The highest BCUT2D eigenvalue weighted by molar-refractivity contribution is 6.04. The zero-order valence-electron chi connectivity index (χ0n) is 17.3. The molecule has 0 unspecified atom stereocenters. The van der Waals surface area contributed by atoms with E-state index in [0.29, 0.717) is 17.3 Å². The molecule has 164 valence electrons. The van der Waals surface area contributed by atoms with E-state index in [2.05, 4.69) is 15.5 Å². The number of piperidine rings is 1. The molecule has 31 heavy (non-hydrogen) atoms. The summed E-state index contributed by atoms with van der Waals surface area (Å²) in [6.07, 6.45) is 5.35. The van der Waals surface area contributed by atoms with Crippen molar-refractivity contribution < 1.29 is 18.4 Å². The molecule has 2 saturated heterocycles. The molecule has 2 aliphatic rings. The molecule has 0 aromatic heterocycles. The van der Waals surface area contributed by atoms with Gasteiger partial charge in [0, 0.05) is 43.6 Å². The third-order valence-electron chi connectivity index (χ3n) is 5.75. The lowest BCUT2D eigenvalue weighted by molar-refractivity contribution is 0.0793. The quantitative estimate of drug-likeness (QED) is 0.733. The fraction of sp³-hybridized carbons (Fsp3) is 0.391. The first-order chi connectivity index (χ1) is 15.0. The number of nitrogens with zero attached hydrogens (tertiary/aromatic N) is 2. The Bertz CT molecular complexity index is 970. The summed E-state index contributed by atoms with van der Waals surface area (Å²) >= 11 is 0. The van der Waals surface area contributed by atoms with Gasteiger partial charge in [-0.15, -0.1) is 0 Å². The van der Waals surface area contributed by atoms with Gasteiger partial charge in [0.2, 0.25) is 0 Å². The number of hydrogen-bond acceptors (Lipinski definition) is 3. The zero-order chi connectivity index (χ0) is 21.8. The van der Waals surface area contributed by atoms with E-state index < -0.39 is 17.7 Å². The number of rotatable bonds is 4. The average molecular weight is 428 g/mol. The summed E-state index contributed by atoms with van der Waals surface area (Å²) in [5.74, 6) is -1.62. The summed E-state index contributed by atoms with van der Waals surface area (Å²) in [5, 5.41) is 5.02. The third-order valence-corrected chi connectivity index (χ3v) is 5.75. The van der Waals surface area contributed by atoms with Gasteiger partial charge in [-0.1, -0.05) is 0 Å². The number of carbonyl (C=O) groups excluding carboxylic acids is 2. The van der Waals surface area contributed by atoms with Gasteiger partial charge >= 0.3 is 6.03 Å². The van der Waals surface area contributed by atoms with Gasteiger partial charge < -0.3 is 20.4 Å². The molecule has 6 nitrogen and oxygen atoms in total. The number of carbonyl (C=O) groups is 2. The molecule has 2 N–H and O–H groups in total. The Morgan fingerprint density at radius 2 is 1.52 bits per heavy atom. The molecule has 2 heterocycles. The van der Waals surface area contributed by atoms with Crippen LogP contribution in [0.15, 0.2) is 36.4 Å². The van der Waals surface area contributed by atoms with Gasteiger partial charge in [-0.2, -0.15) is 0 Å². The lowest BCUT2D eigenvalue weighted by Gasteiger charge is -2.31. The molecular weight excluding hydrogens is 402 g/mol. The number of hydrogen-bond donors (Lipinski definition) is 2. The number of halogens is 2. The summed E-state index contributed by atoms with van der Waals surface area (Å²) < 4.78 is 26.9. The number of urea groups is 1. The fourth-order valence-corrected chi connectivity index (χ4v) is 4.16. The first kappa shape index (κ1) is 21.1. The van der Waals surface area contributed by atoms with Gasteiger partial charge in [-0.05, 0) is 62.4 Å². The Hall–Kier alpha value is -3.16. The molecular formula is C23H26F2N4O2. The van der Waals surface area contributed by atoms with Crippen LogP contribution < -0.4 is 15.5 Å². The Balaban J connectivity index is 1.55. The normalized spacial score (nSPS) is 16.3. The first-order valence-electron chi connectivity index (χ1n) is 10.7. The standard InChI is InChI=1S/C23H26F2N4O2/c24-16-6-8-20(19(25)14-16)27-23(31)26-17-7-9-21(28-10-2-1-3-11-28)18(15-17)22(30)29-12-4-5-13-29/h6-9,14-15H,1-5,10-13H2,(H2,26,27,31). The van der Waals surface area contributed by atoms with Gasteiger partial charge in [0.1, 0.15) is 11.6 Å². The van der Waals surface area contributed by atoms with Crippen LogP contribution in [0.5, 0.6) is 0 Å². The Morgan fingerprint density at radius 1 is 0.806 bits per heavy atom. The monoisotopic (exact) mass is 428 g/mol. The number of amides is 3. The van der Waals surface area contributed by atoms with Crippen LogP contribution in [0.1, 0.15) is 42.5 Å². The minimum Gasteiger partial charge on any atom is -0.371 e. The highest BCUT2D eigenvalue weighted by atomic mass is 19.1. The van der Waals surface area contributed by atoms with Crippen LogP contribution in [0.2, 0.25) is 0 Å². The Labute approximate surface area is 180 Å². The lowest BCUT2D eigenvalue weighted by Crippen LogP contribution is -2.34. The fourth-order valence-electron chi connectivity index (χ4n) is 4.16. The van der Waals surface area contributed by atoms with Crippen LogP contribution in [0.4, 0.5) is 30.6 Å². The van der Waals surface area contributed by atoms with E-state index in [1.54, 1.807) is 12.1 Å². The van der Waals surface area contributed by atoms with Crippen LogP contribution in [-0.2, 0) is 0 Å². The minimum absolute atomic E-state index is 0.0355. The molecule has 2 fully saturated rings. The van der Waals surface area contributed by atoms with Crippen molar-refractivity contribution in [3.05, 3.63) is 53.6 Å². The molecule has 4 rings (SSSR count). The van der Waals surface area contributed by atoms with E-state index in [1.165, 1.54) is 6.42 Å². The molecule has 2 aromatic carbocycles. The van der Waals surface area contributed by atoms with Crippen molar-refractivity contribution in [3.63, 3.8) is 0 Å². The van der Waals surface area contributed by atoms with Crippen LogP contribution in [0.25, 0.3) is 0 Å². The van der Waals surface area contributed by atoms with Gasteiger partial charge in [-0.25, -0.2) is 13.6 Å². The highest BCUT2D eigenvalue weighted by Gasteiger charge is 2.25. The number of nitrogens with one attached hydrogen (secondary N) is 2. The molecule has 0 aliphatic carbocycles. The largest absolute Gasteiger partial charge is 0.371 e. The maximum absolute atomic E-state index is 13.8. The third kappa shape index (κ3) is 4.95. The molecule has 2 aromatic rings. The van der Waals surface area contributed by atoms with Crippen molar-refractivity contribution >= 4 is 29.0 Å². The smallest absolute Gasteiger partial charge is 0.323 e. The van der Waals surface area contributed by atoms with E-state index in [-0.39, 0.29) is 11.6 Å². The van der Waals surface area contributed by atoms with Gasteiger partial charge in [0.15, 0.2) is 0 Å². The topological polar surface area (TPSA) is 64.7 Å². The molecule has 0 spiro atoms. The summed E-state index contributed by atoms with van der Waals surface area (Å²) in [7, 11) is 0. The van der Waals surface area contributed by atoms with Crippen molar-refractivity contribution in [2.24, 2.45) is 0 Å². The van der Waals surface area contributed by atoms with Gasteiger partial charge in [0.25, 0.3) is 5.91 Å². The van der Waals surface area contributed by atoms with Gasteiger partial charge in [-0.3, -0.25) is 4.79 Å². The van der Waals surface area contributed by atoms with E-state index in [4.69, 9.17) is 0 Å². The predicted molar refractivity (Wildman–Crippen MR) is 117 cm³/mol. The van der Waals surface area contributed by atoms with Crippen LogP contribution in [0, 0.1) is 11.6 Å². The SMILES string of the molecule is O=C(Nc1ccc(N2CCCCC2)c(C(=O)N2CCCC2)c1)Nc1ccc(F)cc1F. The Morgan fingerprint density at radius 3 is 2.23 bits per heavy atom. The number of likely N-dealkylation sites (tertiary alicyclic amines) is 1. The summed E-state index contributed by atoms with van der Waals surface area (Å²) in [6.45, 7) is 3.27. The summed E-state index contributed by atoms with van der Waals surface area (Å²) in [4.78, 5) is 29.6. The van der Waals surface area contributed by atoms with Crippen LogP contribution >= 0.6 is 0 Å². The highest BCUT2D eigenvalue weighted by Crippen LogP contribution is 2.29. The second-order valence-electron chi connectivity index (χ2n) is 7.98. The van der Waals surface area contributed by atoms with E-state index in [0.717, 1.165) is 69.7 Å². The van der Waals surface area contributed by atoms with Crippen molar-refractivity contribution in [1.29, 1.82) is 0 Å². The maximum Gasteiger partial charge on any atom is 0.323 e. The molecule has 2 aliphatic heterocycles. The van der Waals surface area contributed by atoms with E-state index in [1.807, 2.05) is 11.0 Å². The minimum atomic E-state index is -0.861.